The third-order valence-electron chi connectivity index (χ3n) is 6.12. The molecule has 4 rings (SSSR count). The van der Waals surface area contributed by atoms with Crippen molar-refractivity contribution in [2.24, 2.45) is 12.0 Å². The average Bonchev–Trinajstić information content (AvgIpc) is 3.15. The first-order chi connectivity index (χ1) is 18.7. The van der Waals surface area contributed by atoms with E-state index in [1.165, 1.54) is 27.6 Å². The Morgan fingerprint density at radius 1 is 1.15 bits per heavy atom. The number of aliphatic hydroxyl groups excluding tert-OH is 1. The van der Waals surface area contributed by atoms with Crippen molar-refractivity contribution < 1.29 is 28.2 Å². The number of rotatable bonds is 7. The topological polar surface area (TPSA) is 139 Å². The van der Waals surface area contributed by atoms with Gasteiger partial charge >= 0.3 is 6.03 Å². The number of para-hydroxylation sites is 1. The first kappa shape index (κ1) is 27.5. The lowest BCUT2D eigenvalue weighted by molar-refractivity contribution is 0.0938. The number of aliphatic hydroxyl groups is 1. The quantitative estimate of drug-likeness (QED) is 0.422. The second-order valence-electron chi connectivity index (χ2n) is 8.72. The number of amides is 3. The molecule has 1 aromatic heterocycles. The van der Waals surface area contributed by atoms with Gasteiger partial charge in [-0.1, -0.05) is 18.2 Å². The maximum absolute atomic E-state index is 15.0. The van der Waals surface area contributed by atoms with Gasteiger partial charge in [0.2, 0.25) is 0 Å². The highest BCUT2D eigenvalue weighted by Crippen LogP contribution is 2.28. The van der Waals surface area contributed by atoms with E-state index in [0.717, 1.165) is 0 Å². The minimum atomic E-state index is -2.26. The first-order valence-electron chi connectivity index (χ1n) is 12.1. The molecule has 11 nitrogen and oxygen atoms in total. The van der Waals surface area contributed by atoms with E-state index in [2.05, 4.69) is 20.9 Å². The highest BCUT2D eigenvalue weighted by Gasteiger charge is 2.35. The van der Waals surface area contributed by atoms with Crippen LogP contribution in [0.4, 0.5) is 13.6 Å². The van der Waals surface area contributed by atoms with Crippen LogP contribution < -0.4 is 21.5 Å². The summed E-state index contributed by atoms with van der Waals surface area (Å²) in [6.45, 7) is 1.66. The molecule has 1 aliphatic heterocycles. The normalized spacial score (nSPS) is 18.8. The zero-order valence-corrected chi connectivity index (χ0v) is 21.3. The Bertz CT molecular complexity index is 1440. The van der Waals surface area contributed by atoms with Crippen LogP contribution in [0.5, 0.6) is 0 Å². The maximum atomic E-state index is 15.0. The summed E-state index contributed by atoms with van der Waals surface area (Å²) >= 11 is 0. The van der Waals surface area contributed by atoms with Gasteiger partial charge in [-0.25, -0.2) is 18.3 Å². The molecule has 1 aromatic carbocycles. The largest absolute Gasteiger partial charge is 0.463 e. The van der Waals surface area contributed by atoms with E-state index < -0.39 is 29.8 Å². The number of allylic oxidation sites excluding steroid dienone is 4. The minimum absolute atomic E-state index is 0.0543. The van der Waals surface area contributed by atoms with Gasteiger partial charge in [0, 0.05) is 32.6 Å². The molecule has 0 bridgehead atoms. The molecule has 1 aliphatic carbocycles. The van der Waals surface area contributed by atoms with Crippen LogP contribution in [-0.4, -0.2) is 64.3 Å². The maximum Gasteiger partial charge on any atom is 0.320 e. The molecule has 2 heterocycles. The number of hydrogen-bond donors (Lipinski definition) is 4. The Balaban J connectivity index is 1.48. The van der Waals surface area contributed by atoms with Gasteiger partial charge in [-0.05, 0) is 31.2 Å². The van der Waals surface area contributed by atoms with Crippen molar-refractivity contribution in [3.8, 4) is 5.69 Å². The number of halogens is 2. The summed E-state index contributed by atoms with van der Waals surface area (Å²) < 4.78 is 38.4. The number of aliphatic imine (C=N–C) groups is 1. The lowest BCUT2D eigenvalue weighted by Gasteiger charge is -2.25. The van der Waals surface area contributed by atoms with Crippen LogP contribution in [-0.2, 0) is 11.8 Å². The van der Waals surface area contributed by atoms with Crippen molar-refractivity contribution in [1.29, 1.82) is 0 Å². The zero-order chi connectivity index (χ0) is 28.1. The molecule has 13 heteroatoms. The highest BCUT2D eigenvalue weighted by molar-refractivity contribution is 6.04. The fourth-order valence-corrected chi connectivity index (χ4v) is 4.08. The monoisotopic (exact) mass is 542 g/mol. The molecule has 0 spiro atoms. The standard InChI is InChI=1S/C26H28F2N6O5/c1-15-21(25(37)34(33(15)2)16-6-4-3-5-7-16)24(36)31-18-8-9-19(23(28)22(18)27)39-17-10-11-29-20(14-17)32-26(38)30-12-13-35/h3-9,14,22-23,35H,10-13H2,1-2H3,(H,31,36)(H2,29,30,32,38). The number of ether oxygens (including phenoxy) is 1. The first-order valence-corrected chi connectivity index (χ1v) is 12.1. The molecule has 2 aliphatic rings. The van der Waals surface area contributed by atoms with Crippen molar-refractivity contribution in [3.05, 3.63) is 87.4 Å². The van der Waals surface area contributed by atoms with Crippen molar-refractivity contribution in [3.63, 3.8) is 0 Å². The predicted octanol–water partition coefficient (Wildman–Crippen LogP) is 1.67. The van der Waals surface area contributed by atoms with Crippen LogP contribution in [0.1, 0.15) is 22.5 Å². The van der Waals surface area contributed by atoms with Gasteiger partial charge in [0.1, 0.15) is 22.9 Å². The van der Waals surface area contributed by atoms with E-state index in [0.29, 0.717) is 17.8 Å². The second kappa shape index (κ2) is 11.9. The Hall–Kier alpha value is -4.52. The molecule has 39 heavy (non-hydrogen) atoms. The third kappa shape index (κ3) is 5.98. The number of dihydropyridines is 1. The molecule has 0 fully saturated rings. The molecule has 4 N–H and O–H groups in total. The molecule has 0 saturated carbocycles. The number of carbonyl (C=O) groups excluding carboxylic acids is 2. The Labute approximate surface area is 222 Å². The molecular formula is C26H28F2N6O5. The van der Waals surface area contributed by atoms with Crippen LogP contribution in [0.25, 0.3) is 5.69 Å². The van der Waals surface area contributed by atoms with Crippen molar-refractivity contribution >= 4 is 17.8 Å². The number of aromatic nitrogens is 2. The number of alkyl halides is 2. The van der Waals surface area contributed by atoms with E-state index in [9.17, 15) is 14.4 Å². The van der Waals surface area contributed by atoms with Gasteiger partial charge < -0.3 is 20.5 Å². The van der Waals surface area contributed by atoms with E-state index >= 15 is 8.78 Å². The fraction of sp³-hybridized carbons (Fsp3) is 0.308. The highest BCUT2D eigenvalue weighted by atomic mass is 19.2. The molecule has 3 amide bonds. The van der Waals surface area contributed by atoms with Crippen LogP contribution in [0.15, 0.2) is 75.6 Å². The van der Waals surface area contributed by atoms with Crippen LogP contribution >= 0.6 is 0 Å². The summed E-state index contributed by atoms with van der Waals surface area (Å²) in [6.07, 6.45) is -0.426. The number of nitrogens with zero attached hydrogens (tertiary/aromatic N) is 3. The van der Waals surface area contributed by atoms with Gasteiger partial charge in [-0.3, -0.25) is 24.6 Å². The summed E-state index contributed by atoms with van der Waals surface area (Å²) in [5.74, 6) is -0.757. The molecule has 0 saturated heterocycles. The fourth-order valence-electron chi connectivity index (χ4n) is 4.08. The number of nitrogens with one attached hydrogen (secondary N) is 3. The summed E-state index contributed by atoms with van der Waals surface area (Å²) in [5.41, 5.74) is -0.235. The Kier molecular flexibility index (Phi) is 8.39. The van der Waals surface area contributed by atoms with Gasteiger partial charge in [0.25, 0.3) is 11.5 Å². The number of amidine groups is 1. The molecule has 2 atom stereocenters. The minimum Gasteiger partial charge on any atom is -0.463 e. The molecule has 2 unspecified atom stereocenters. The second-order valence-corrected chi connectivity index (χ2v) is 8.72. The van der Waals surface area contributed by atoms with Crippen molar-refractivity contribution in [1.82, 2.24) is 25.3 Å². The number of benzene rings is 1. The van der Waals surface area contributed by atoms with Crippen molar-refractivity contribution in [2.75, 3.05) is 19.7 Å². The van der Waals surface area contributed by atoms with Crippen molar-refractivity contribution in [2.45, 2.75) is 25.7 Å². The SMILES string of the molecule is Cc1c(C(=O)NC2=CC=C(OC3=CC(NC(=O)NCCO)=NCC3)C(F)C2F)c(=O)n(-c2ccccc2)n1C. The summed E-state index contributed by atoms with van der Waals surface area (Å²) in [5, 5.41) is 16.0. The number of carbonyl (C=O) groups is 2. The Morgan fingerprint density at radius 2 is 1.90 bits per heavy atom. The van der Waals surface area contributed by atoms with Crippen LogP contribution in [0, 0.1) is 6.92 Å². The van der Waals surface area contributed by atoms with Crippen LogP contribution in [0.3, 0.4) is 0 Å². The smallest absolute Gasteiger partial charge is 0.320 e. The molecule has 0 radical (unpaired) electrons. The molecule has 206 valence electrons. The summed E-state index contributed by atoms with van der Waals surface area (Å²) in [7, 11) is 1.62. The van der Waals surface area contributed by atoms with Gasteiger partial charge in [0.05, 0.1) is 23.7 Å². The van der Waals surface area contributed by atoms with E-state index in [4.69, 9.17) is 9.84 Å². The van der Waals surface area contributed by atoms with E-state index in [1.807, 2.05) is 0 Å². The average molecular weight is 543 g/mol. The van der Waals surface area contributed by atoms with E-state index in [1.54, 1.807) is 44.3 Å². The van der Waals surface area contributed by atoms with Gasteiger partial charge in [-0.2, -0.15) is 0 Å². The molecular weight excluding hydrogens is 514 g/mol. The third-order valence-corrected chi connectivity index (χ3v) is 6.12. The lowest BCUT2D eigenvalue weighted by atomic mass is 10.0. The summed E-state index contributed by atoms with van der Waals surface area (Å²) in [6, 6.07) is 8.13. The lowest BCUT2D eigenvalue weighted by Crippen LogP contribution is -2.40. The van der Waals surface area contributed by atoms with Gasteiger partial charge in [-0.15, -0.1) is 0 Å². The predicted molar refractivity (Wildman–Crippen MR) is 139 cm³/mol. The number of urea groups is 1. The number of hydrogen-bond acceptors (Lipinski definition) is 6. The van der Waals surface area contributed by atoms with E-state index in [-0.39, 0.29) is 48.3 Å². The summed E-state index contributed by atoms with van der Waals surface area (Å²) in [4.78, 5) is 41.9. The molecule has 2 aromatic rings. The Morgan fingerprint density at radius 3 is 2.62 bits per heavy atom. The van der Waals surface area contributed by atoms with Crippen LogP contribution in [0.2, 0.25) is 0 Å². The zero-order valence-electron chi connectivity index (χ0n) is 21.3. The van der Waals surface area contributed by atoms with Gasteiger partial charge in [0.15, 0.2) is 12.3 Å².